The van der Waals surface area contributed by atoms with Crippen LogP contribution in [0.2, 0.25) is 0 Å². The molecule has 0 bridgehead atoms. The Balaban J connectivity index is 2.57. The zero-order valence-electron chi connectivity index (χ0n) is 7.86. The third kappa shape index (κ3) is 1.47. The maximum absolute atomic E-state index is 4.21. The van der Waals surface area contributed by atoms with Gasteiger partial charge in [-0.2, -0.15) is 5.10 Å². The molecule has 1 aromatic heterocycles. The predicted octanol–water partition coefficient (Wildman–Crippen LogP) is 2.49. The molecule has 0 radical (unpaired) electrons. The largest absolute Gasteiger partial charge is 0.241 e. The van der Waals surface area contributed by atoms with Gasteiger partial charge in [0.25, 0.3) is 0 Å². The minimum absolute atomic E-state index is 1.16. The minimum Gasteiger partial charge on any atom is -0.241 e. The van der Waals surface area contributed by atoms with Gasteiger partial charge in [0, 0.05) is 12.4 Å². The van der Waals surface area contributed by atoms with Gasteiger partial charge in [0.1, 0.15) is 0 Å². The van der Waals surface area contributed by atoms with E-state index in [1.54, 1.807) is 6.20 Å². The molecule has 2 nitrogen and oxygen atoms in total. The Labute approximate surface area is 77.8 Å². The molecule has 1 heterocycles. The van der Waals surface area contributed by atoms with Crippen LogP contribution in [0.5, 0.6) is 0 Å². The molecular formula is C11H12N2. The van der Waals surface area contributed by atoms with Gasteiger partial charge in [-0.3, -0.25) is 0 Å². The van der Waals surface area contributed by atoms with E-state index in [4.69, 9.17) is 0 Å². The van der Waals surface area contributed by atoms with Crippen LogP contribution in [0.25, 0.3) is 5.69 Å². The topological polar surface area (TPSA) is 17.8 Å². The zero-order valence-corrected chi connectivity index (χ0v) is 7.86. The van der Waals surface area contributed by atoms with Gasteiger partial charge < -0.3 is 0 Å². The van der Waals surface area contributed by atoms with Gasteiger partial charge >= 0.3 is 0 Å². The molecule has 1 aromatic carbocycles. The van der Waals surface area contributed by atoms with Gasteiger partial charge in [-0.15, -0.1) is 0 Å². The van der Waals surface area contributed by atoms with Gasteiger partial charge in [0.2, 0.25) is 0 Å². The van der Waals surface area contributed by atoms with E-state index < -0.39 is 0 Å². The molecule has 0 fully saturated rings. The number of aromatic nitrogens is 2. The molecule has 0 aliphatic carbocycles. The fourth-order valence-electron chi connectivity index (χ4n) is 1.38. The van der Waals surface area contributed by atoms with E-state index in [0.717, 1.165) is 5.69 Å². The molecule has 0 N–H and O–H groups in total. The quantitative estimate of drug-likeness (QED) is 0.646. The Hall–Kier alpha value is -1.57. The molecule has 0 atom stereocenters. The lowest BCUT2D eigenvalue weighted by Crippen LogP contribution is -1.97. The highest BCUT2D eigenvalue weighted by molar-refractivity contribution is 5.42. The molecule has 0 amide bonds. The SMILES string of the molecule is Cc1ccc(C)c(-n2cccn2)c1. The number of benzene rings is 1. The van der Waals surface area contributed by atoms with Crippen LogP contribution in [0.4, 0.5) is 0 Å². The first kappa shape index (κ1) is 8.05. The molecule has 0 unspecified atom stereocenters. The van der Waals surface area contributed by atoms with Crippen LogP contribution < -0.4 is 0 Å². The molecule has 2 heteroatoms. The summed E-state index contributed by atoms with van der Waals surface area (Å²) in [5.74, 6) is 0. The molecule has 13 heavy (non-hydrogen) atoms. The zero-order chi connectivity index (χ0) is 9.26. The maximum atomic E-state index is 4.21. The van der Waals surface area contributed by atoms with Crippen molar-refractivity contribution in [1.29, 1.82) is 0 Å². The van der Waals surface area contributed by atoms with E-state index in [2.05, 4.69) is 37.1 Å². The monoisotopic (exact) mass is 172 g/mol. The normalized spacial score (nSPS) is 10.3. The van der Waals surface area contributed by atoms with Gasteiger partial charge in [-0.05, 0) is 37.1 Å². The van der Waals surface area contributed by atoms with E-state index in [9.17, 15) is 0 Å². The summed E-state index contributed by atoms with van der Waals surface area (Å²) < 4.78 is 1.89. The second kappa shape index (κ2) is 3.05. The van der Waals surface area contributed by atoms with Crippen LogP contribution >= 0.6 is 0 Å². The summed E-state index contributed by atoms with van der Waals surface area (Å²) in [6.45, 7) is 4.18. The Morgan fingerprint density at radius 3 is 2.77 bits per heavy atom. The third-order valence-corrected chi connectivity index (χ3v) is 2.12. The average Bonchev–Trinajstić information content (AvgIpc) is 2.61. The van der Waals surface area contributed by atoms with Crippen molar-refractivity contribution in [3.8, 4) is 5.69 Å². The fraction of sp³-hybridized carbons (Fsp3) is 0.182. The Morgan fingerprint density at radius 1 is 1.23 bits per heavy atom. The van der Waals surface area contributed by atoms with Crippen molar-refractivity contribution in [2.75, 3.05) is 0 Å². The van der Waals surface area contributed by atoms with Crippen molar-refractivity contribution in [2.24, 2.45) is 0 Å². The lowest BCUT2D eigenvalue weighted by Gasteiger charge is -2.06. The Morgan fingerprint density at radius 2 is 2.08 bits per heavy atom. The van der Waals surface area contributed by atoms with Crippen LogP contribution in [0, 0.1) is 13.8 Å². The number of nitrogens with zero attached hydrogens (tertiary/aromatic N) is 2. The highest BCUT2D eigenvalue weighted by atomic mass is 15.3. The molecule has 0 saturated heterocycles. The first-order valence-electron chi connectivity index (χ1n) is 4.34. The van der Waals surface area contributed by atoms with Crippen LogP contribution in [0.1, 0.15) is 11.1 Å². The highest BCUT2D eigenvalue weighted by Gasteiger charge is 1.99. The fourth-order valence-corrected chi connectivity index (χ4v) is 1.38. The van der Waals surface area contributed by atoms with Crippen LogP contribution in [0.15, 0.2) is 36.7 Å². The summed E-state index contributed by atoms with van der Waals surface area (Å²) in [5, 5.41) is 4.21. The standard InChI is InChI=1S/C11H12N2/c1-9-4-5-10(2)11(8-9)13-7-3-6-12-13/h3-8H,1-2H3. The first-order valence-corrected chi connectivity index (χ1v) is 4.34. The van der Waals surface area contributed by atoms with Crippen molar-refractivity contribution < 1.29 is 0 Å². The van der Waals surface area contributed by atoms with Crippen LogP contribution in [-0.2, 0) is 0 Å². The van der Waals surface area contributed by atoms with E-state index in [1.165, 1.54) is 11.1 Å². The third-order valence-electron chi connectivity index (χ3n) is 2.12. The molecule has 0 aliphatic rings. The van der Waals surface area contributed by atoms with Gasteiger partial charge in [0.05, 0.1) is 5.69 Å². The second-order valence-electron chi connectivity index (χ2n) is 3.24. The average molecular weight is 172 g/mol. The van der Waals surface area contributed by atoms with Crippen molar-refractivity contribution in [3.63, 3.8) is 0 Å². The number of aryl methyl sites for hydroxylation is 2. The molecular weight excluding hydrogens is 160 g/mol. The molecule has 2 rings (SSSR count). The van der Waals surface area contributed by atoms with E-state index in [1.807, 2.05) is 16.9 Å². The summed E-state index contributed by atoms with van der Waals surface area (Å²) in [6.07, 6.45) is 3.75. The molecule has 66 valence electrons. The molecule has 0 saturated carbocycles. The van der Waals surface area contributed by atoms with Crippen LogP contribution in [-0.4, -0.2) is 9.78 Å². The molecule has 0 aliphatic heterocycles. The molecule has 2 aromatic rings. The lowest BCUT2D eigenvalue weighted by molar-refractivity contribution is 0.871. The van der Waals surface area contributed by atoms with E-state index >= 15 is 0 Å². The summed E-state index contributed by atoms with van der Waals surface area (Å²) in [5.41, 5.74) is 3.66. The van der Waals surface area contributed by atoms with Crippen molar-refractivity contribution in [3.05, 3.63) is 47.8 Å². The van der Waals surface area contributed by atoms with E-state index in [0.29, 0.717) is 0 Å². The van der Waals surface area contributed by atoms with Crippen molar-refractivity contribution in [2.45, 2.75) is 13.8 Å². The number of hydrogen-bond acceptors (Lipinski definition) is 1. The molecule has 0 spiro atoms. The summed E-state index contributed by atoms with van der Waals surface area (Å²) >= 11 is 0. The lowest BCUT2D eigenvalue weighted by atomic mass is 10.1. The van der Waals surface area contributed by atoms with Gasteiger partial charge in [-0.25, -0.2) is 4.68 Å². The maximum Gasteiger partial charge on any atom is 0.0677 e. The van der Waals surface area contributed by atoms with Crippen LogP contribution in [0.3, 0.4) is 0 Å². The second-order valence-corrected chi connectivity index (χ2v) is 3.24. The van der Waals surface area contributed by atoms with Crippen molar-refractivity contribution in [1.82, 2.24) is 9.78 Å². The van der Waals surface area contributed by atoms with E-state index in [-0.39, 0.29) is 0 Å². The minimum atomic E-state index is 1.16. The van der Waals surface area contributed by atoms with Gasteiger partial charge in [-0.1, -0.05) is 12.1 Å². The smallest absolute Gasteiger partial charge is 0.0677 e. The first-order chi connectivity index (χ1) is 6.27. The number of rotatable bonds is 1. The number of hydrogen-bond donors (Lipinski definition) is 0. The van der Waals surface area contributed by atoms with Gasteiger partial charge in [0.15, 0.2) is 0 Å². The summed E-state index contributed by atoms with van der Waals surface area (Å²) in [7, 11) is 0. The highest BCUT2D eigenvalue weighted by Crippen LogP contribution is 2.14. The summed E-state index contributed by atoms with van der Waals surface area (Å²) in [4.78, 5) is 0. The summed E-state index contributed by atoms with van der Waals surface area (Å²) in [6, 6.07) is 8.30. The Bertz CT molecular complexity index is 402. The Kier molecular flexibility index (Phi) is 1.89. The predicted molar refractivity (Wildman–Crippen MR) is 53.0 cm³/mol. The van der Waals surface area contributed by atoms with Crippen molar-refractivity contribution >= 4 is 0 Å².